The summed E-state index contributed by atoms with van der Waals surface area (Å²) in [6.45, 7) is 5.35. The number of unbranched alkanes of at least 4 members (excludes halogenated alkanes) is 6. The van der Waals surface area contributed by atoms with Crippen LogP contribution in [0, 0.1) is 0 Å². The van der Waals surface area contributed by atoms with Crippen LogP contribution in [0.4, 0.5) is 0 Å². The Morgan fingerprint density at radius 1 is 1.20 bits per heavy atom. The SMILES string of the molecule is C=CC=CCCCCCCCC=C1C(=O)OC(C)C1O. The summed E-state index contributed by atoms with van der Waals surface area (Å²) in [4.78, 5) is 11.4. The van der Waals surface area contributed by atoms with Crippen molar-refractivity contribution in [3.63, 3.8) is 0 Å². The lowest BCUT2D eigenvalue weighted by atomic mass is 10.0. The number of hydrogen-bond donors (Lipinski definition) is 1. The van der Waals surface area contributed by atoms with Crippen LogP contribution in [0.3, 0.4) is 0 Å². The third-order valence-electron chi connectivity index (χ3n) is 3.50. The summed E-state index contributed by atoms with van der Waals surface area (Å²) < 4.78 is 4.96. The number of esters is 1. The molecule has 0 radical (unpaired) electrons. The number of carbonyl (C=O) groups is 1. The van der Waals surface area contributed by atoms with Crippen LogP contribution >= 0.6 is 0 Å². The fourth-order valence-electron chi connectivity index (χ4n) is 2.27. The summed E-state index contributed by atoms with van der Waals surface area (Å²) in [6.07, 6.45) is 14.5. The number of ether oxygens (including phenoxy) is 1. The highest BCUT2D eigenvalue weighted by Crippen LogP contribution is 2.21. The summed E-state index contributed by atoms with van der Waals surface area (Å²) in [5.74, 6) is -0.362. The number of aliphatic hydroxyl groups is 1. The van der Waals surface area contributed by atoms with E-state index in [-0.39, 0.29) is 5.97 Å². The van der Waals surface area contributed by atoms with Crippen LogP contribution in [0.2, 0.25) is 0 Å². The zero-order valence-electron chi connectivity index (χ0n) is 12.4. The highest BCUT2D eigenvalue weighted by atomic mass is 16.6. The molecule has 1 N–H and O–H groups in total. The average molecular weight is 278 g/mol. The van der Waals surface area contributed by atoms with E-state index in [1.54, 1.807) is 13.0 Å². The third kappa shape index (κ3) is 5.74. The van der Waals surface area contributed by atoms with Gasteiger partial charge in [0.05, 0.1) is 5.57 Å². The van der Waals surface area contributed by atoms with Gasteiger partial charge in [0.2, 0.25) is 0 Å². The Balaban J connectivity index is 2.06. The third-order valence-corrected chi connectivity index (χ3v) is 3.50. The Labute approximate surface area is 122 Å². The van der Waals surface area contributed by atoms with Gasteiger partial charge in [-0.2, -0.15) is 0 Å². The topological polar surface area (TPSA) is 46.5 Å². The van der Waals surface area contributed by atoms with Crippen LogP contribution in [0.25, 0.3) is 0 Å². The first kappa shape index (κ1) is 16.7. The molecule has 0 amide bonds. The number of allylic oxidation sites excluding steroid dienone is 4. The lowest BCUT2D eigenvalue weighted by Gasteiger charge is -2.04. The molecule has 0 aromatic heterocycles. The molecule has 3 nitrogen and oxygen atoms in total. The van der Waals surface area contributed by atoms with E-state index >= 15 is 0 Å². The van der Waals surface area contributed by atoms with E-state index in [1.165, 1.54) is 19.3 Å². The van der Waals surface area contributed by atoms with Crippen LogP contribution in [0.5, 0.6) is 0 Å². The summed E-state index contributed by atoms with van der Waals surface area (Å²) >= 11 is 0. The fourth-order valence-corrected chi connectivity index (χ4v) is 2.27. The largest absolute Gasteiger partial charge is 0.456 e. The van der Waals surface area contributed by atoms with E-state index in [9.17, 15) is 9.90 Å². The van der Waals surface area contributed by atoms with Gasteiger partial charge in [-0.25, -0.2) is 4.79 Å². The molecule has 0 saturated carbocycles. The molecule has 0 spiro atoms. The van der Waals surface area contributed by atoms with Crippen molar-refractivity contribution in [3.05, 3.63) is 36.5 Å². The van der Waals surface area contributed by atoms with Crippen LogP contribution in [-0.4, -0.2) is 23.3 Å². The molecule has 0 bridgehead atoms. The molecule has 3 heteroatoms. The molecule has 1 aliphatic rings. The average Bonchev–Trinajstić information content (AvgIpc) is 2.67. The van der Waals surface area contributed by atoms with E-state index < -0.39 is 12.2 Å². The van der Waals surface area contributed by atoms with Gasteiger partial charge in [-0.3, -0.25) is 0 Å². The van der Waals surface area contributed by atoms with Gasteiger partial charge >= 0.3 is 5.97 Å². The molecule has 1 rings (SSSR count). The molecule has 1 aliphatic heterocycles. The Morgan fingerprint density at radius 2 is 1.85 bits per heavy atom. The number of rotatable bonds is 9. The lowest BCUT2D eigenvalue weighted by Crippen LogP contribution is -2.17. The molecule has 0 aromatic carbocycles. The molecule has 1 heterocycles. The Hall–Kier alpha value is -1.35. The Bertz CT molecular complexity index is 368. The maximum atomic E-state index is 11.4. The minimum atomic E-state index is -0.751. The van der Waals surface area contributed by atoms with Crippen LogP contribution in [0.15, 0.2) is 36.5 Å². The summed E-state index contributed by atoms with van der Waals surface area (Å²) in [7, 11) is 0. The standard InChI is InChI=1S/C17H26O3/c1-3-4-5-6-7-8-9-10-11-12-13-15-16(18)14(2)20-17(15)19/h3-5,13-14,16,18H,1,6-12H2,2H3. The second-order valence-corrected chi connectivity index (χ2v) is 5.22. The van der Waals surface area contributed by atoms with Crippen LogP contribution in [-0.2, 0) is 9.53 Å². The van der Waals surface area contributed by atoms with Gasteiger partial charge in [0.1, 0.15) is 12.2 Å². The lowest BCUT2D eigenvalue weighted by molar-refractivity contribution is -0.138. The van der Waals surface area contributed by atoms with Crippen LogP contribution in [0.1, 0.15) is 51.9 Å². The molecule has 2 atom stereocenters. The molecule has 0 aliphatic carbocycles. The van der Waals surface area contributed by atoms with Gasteiger partial charge in [0, 0.05) is 0 Å². The van der Waals surface area contributed by atoms with E-state index in [4.69, 9.17) is 4.74 Å². The smallest absolute Gasteiger partial charge is 0.336 e. The first-order chi connectivity index (χ1) is 9.66. The fraction of sp³-hybridized carbons (Fsp3) is 0.588. The van der Waals surface area contributed by atoms with Crippen molar-refractivity contribution in [2.45, 2.75) is 64.1 Å². The minimum absolute atomic E-state index is 0.362. The number of cyclic esters (lactones) is 1. The number of aliphatic hydroxyl groups excluding tert-OH is 1. The minimum Gasteiger partial charge on any atom is -0.456 e. The highest BCUT2D eigenvalue weighted by Gasteiger charge is 2.34. The predicted molar refractivity (Wildman–Crippen MR) is 81.3 cm³/mol. The molecular formula is C17H26O3. The molecule has 0 aromatic rings. The van der Waals surface area contributed by atoms with Crippen molar-refractivity contribution in [1.29, 1.82) is 0 Å². The zero-order chi connectivity index (χ0) is 14.8. The second-order valence-electron chi connectivity index (χ2n) is 5.22. The first-order valence-electron chi connectivity index (χ1n) is 7.53. The summed E-state index contributed by atoms with van der Waals surface area (Å²) in [5, 5.41) is 9.74. The maximum absolute atomic E-state index is 11.4. The maximum Gasteiger partial charge on any atom is 0.336 e. The quantitative estimate of drug-likeness (QED) is 0.303. The van der Waals surface area contributed by atoms with Crippen molar-refractivity contribution < 1.29 is 14.6 Å². The molecule has 1 fully saturated rings. The number of hydrogen-bond acceptors (Lipinski definition) is 3. The van der Waals surface area contributed by atoms with Crippen molar-refractivity contribution in [1.82, 2.24) is 0 Å². The Morgan fingerprint density at radius 3 is 2.45 bits per heavy atom. The summed E-state index contributed by atoms with van der Waals surface area (Å²) in [6, 6.07) is 0. The van der Waals surface area contributed by atoms with Gasteiger partial charge in [-0.1, -0.05) is 50.1 Å². The van der Waals surface area contributed by atoms with Crippen molar-refractivity contribution in [2.75, 3.05) is 0 Å². The van der Waals surface area contributed by atoms with Crippen LogP contribution < -0.4 is 0 Å². The van der Waals surface area contributed by atoms with E-state index in [0.717, 1.165) is 25.7 Å². The molecular weight excluding hydrogens is 252 g/mol. The second kappa shape index (κ2) is 9.54. The van der Waals surface area contributed by atoms with Gasteiger partial charge in [0.15, 0.2) is 0 Å². The van der Waals surface area contributed by atoms with E-state index in [1.807, 2.05) is 12.2 Å². The summed E-state index contributed by atoms with van der Waals surface area (Å²) in [5.41, 5.74) is 0.437. The van der Waals surface area contributed by atoms with Crippen molar-refractivity contribution in [2.24, 2.45) is 0 Å². The Kier molecular flexibility index (Phi) is 7.97. The van der Waals surface area contributed by atoms with Crippen molar-refractivity contribution in [3.8, 4) is 0 Å². The van der Waals surface area contributed by atoms with Crippen molar-refractivity contribution >= 4 is 5.97 Å². The molecule has 112 valence electrons. The van der Waals surface area contributed by atoms with Gasteiger partial charge in [-0.15, -0.1) is 0 Å². The van der Waals surface area contributed by atoms with Gasteiger partial charge in [0.25, 0.3) is 0 Å². The molecule has 1 saturated heterocycles. The normalized spacial score (nSPS) is 24.5. The van der Waals surface area contributed by atoms with E-state index in [0.29, 0.717) is 5.57 Å². The highest BCUT2D eigenvalue weighted by molar-refractivity contribution is 5.92. The predicted octanol–water partition coefficient (Wildman–Crippen LogP) is 3.69. The molecule has 2 unspecified atom stereocenters. The zero-order valence-corrected chi connectivity index (χ0v) is 12.4. The molecule has 20 heavy (non-hydrogen) atoms. The van der Waals surface area contributed by atoms with Gasteiger partial charge in [-0.05, 0) is 32.6 Å². The van der Waals surface area contributed by atoms with Gasteiger partial charge < -0.3 is 9.84 Å². The first-order valence-corrected chi connectivity index (χ1v) is 7.53. The van der Waals surface area contributed by atoms with E-state index in [2.05, 4.69) is 12.7 Å². The number of carbonyl (C=O) groups excluding carboxylic acids is 1. The monoisotopic (exact) mass is 278 g/mol.